The van der Waals surface area contributed by atoms with Crippen LogP contribution in [-0.4, -0.2) is 18.3 Å². The van der Waals surface area contributed by atoms with E-state index in [-0.39, 0.29) is 18.3 Å². The molecule has 3 rings (SSSR count). The van der Waals surface area contributed by atoms with Crippen LogP contribution in [0.1, 0.15) is 38.8 Å². The Morgan fingerprint density at radius 3 is 2.22 bits per heavy atom. The minimum absolute atomic E-state index is 0.277. The van der Waals surface area contributed by atoms with Gasteiger partial charge in [-0.1, -0.05) is 18.2 Å². The molecule has 2 aliphatic rings. The van der Waals surface area contributed by atoms with Gasteiger partial charge in [0.25, 0.3) is 0 Å². The summed E-state index contributed by atoms with van der Waals surface area (Å²) >= 11 is 0. The van der Waals surface area contributed by atoms with Gasteiger partial charge in [-0.15, -0.1) is 0 Å². The van der Waals surface area contributed by atoms with Crippen molar-refractivity contribution in [2.24, 2.45) is 0 Å². The molecule has 0 N–H and O–H groups in total. The van der Waals surface area contributed by atoms with Crippen molar-refractivity contribution in [1.29, 1.82) is 0 Å². The summed E-state index contributed by atoms with van der Waals surface area (Å²) in [6.45, 7) is 9.71. The fraction of sp³-hybridized carbons (Fsp3) is 0.571. The lowest BCUT2D eigenvalue weighted by Gasteiger charge is -2.32. The molecule has 1 saturated heterocycles. The quantitative estimate of drug-likeness (QED) is 0.709. The summed E-state index contributed by atoms with van der Waals surface area (Å²) in [4.78, 5) is 0. The van der Waals surface area contributed by atoms with Gasteiger partial charge in [-0.3, -0.25) is 0 Å². The van der Waals surface area contributed by atoms with Crippen molar-refractivity contribution >= 4 is 12.6 Å². The van der Waals surface area contributed by atoms with Crippen molar-refractivity contribution in [2.75, 3.05) is 0 Å². The Morgan fingerprint density at radius 2 is 1.56 bits per heavy atom. The highest BCUT2D eigenvalue weighted by Crippen LogP contribution is 2.36. The third-order valence-electron chi connectivity index (χ3n) is 4.27. The van der Waals surface area contributed by atoms with Crippen molar-refractivity contribution < 1.29 is 14.0 Å². The summed E-state index contributed by atoms with van der Waals surface area (Å²) in [5, 5.41) is 0. The van der Waals surface area contributed by atoms with Crippen LogP contribution in [0.2, 0.25) is 0 Å². The number of fused-ring (bicyclic) bond motifs is 1. The van der Waals surface area contributed by atoms with Crippen molar-refractivity contribution in [3.05, 3.63) is 29.3 Å². The number of benzene rings is 1. The fourth-order valence-corrected chi connectivity index (χ4v) is 2.32. The fourth-order valence-electron chi connectivity index (χ4n) is 2.32. The first-order valence-corrected chi connectivity index (χ1v) is 6.44. The van der Waals surface area contributed by atoms with Gasteiger partial charge in [0.1, 0.15) is 0 Å². The molecular weight excluding hydrogens is 227 g/mol. The maximum atomic E-state index is 6.05. The van der Waals surface area contributed by atoms with Crippen LogP contribution in [0.5, 0.6) is 0 Å². The van der Waals surface area contributed by atoms with Crippen molar-refractivity contribution in [3.63, 3.8) is 0 Å². The van der Waals surface area contributed by atoms with Crippen molar-refractivity contribution in [3.8, 4) is 0 Å². The lowest BCUT2D eigenvalue weighted by Crippen LogP contribution is -2.41. The predicted octanol–water partition coefficient (Wildman–Crippen LogP) is 2.02. The van der Waals surface area contributed by atoms with Gasteiger partial charge < -0.3 is 14.0 Å². The minimum Gasteiger partial charge on any atom is -0.399 e. The molecule has 0 saturated carbocycles. The molecule has 0 aliphatic carbocycles. The summed E-state index contributed by atoms with van der Waals surface area (Å²) < 4.78 is 17.5. The summed E-state index contributed by atoms with van der Waals surface area (Å²) in [7, 11) is -0.277. The number of rotatable bonds is 1. The summed E-state index contributed by atoms with van der Waals surface area (Å²) in [5.41, 5.74) is 3.04. The molecule has 0 aromatic heterocycles. The largest absolute Gasteiger partial charge is 0.494 e. The van der Waals surface area contributed by atoms with Gasteiger partial charge >= 0.3 is 7.12 Å². The molecule has 2 aliphatic heterocycles. The second-order valence-electron chi connectivity index (χ2n) is 6.11. The van der Waals surface area contributed by atoms with Crippen LogP contribution in [0, 0.1) is 0 Å². The molecular formula is C14H19BO3. The number of hydrogen-bond acceptors (Lipinski definition) is 3. The Kier molecular flexibility index (Phi) is 2.60. The third-order valence-corrected chi connectivity index (χ3v) is 4.27. The van der Waals surface area contributed by atoms with Crippen LogP contribution < -0.4 is 5.46 Å². The molecule has 1 aromatic carbocycles. The highest BCUT2D eigenvalue weighted by molar-refractivity contribution is 6.62. The highest BCUT2D eigenvalue weighted by Gasteiger charge is 2.51. The molecule has 3 nitrogen and oxygen atoms in total. The zero-order valence-electron chi connectivity index (χ0n) is 11.4. The van der Waals surface area contributed by atoms with Crippen molar-refractivity contribution in [1.82, 2.24) is 0 Å². The molecule has 4 heteroatoms. The van der Waals surface area contributed by atoms with E-state index in [4.69, 9.17) is 14.0 Å². The lowest BCUT2D eigenvalue weighted by atomic mass is 9.78. The smallest absolute Gasteiger partial charge is 0.399 e. The van der Waals surface area contributed by atoms with Gasteiger partial charge in [-0.05, 0) is 44.3 Å². The third kappa shape index (κ3) is 1.80. The maximum Gasteiger partial charge on any atom is 0.494 e. The standard InChI is InChI=1S/C14H19BO3/c1-13(2)14(3,4)18-15(17-13)12-6-5-10-8-16-9-11(10)7-12/h5-7H,8-9H2,1-4H3. The van der Waals surface area contributed by atoms with Gasteiger partial charge in [0.2, 0.25) is 0 Å². The predicted molar refractivity (Wildman–Crippen MR) is 70.7 cm³/mol. The zero-order chi connectivity index (χ0) is 13.0. The Morgan fingerprint density at radius 1 is 0.944 bits per heavy atom. The first-order valence-electron chi connectivity index (χ1n) is 6.44. The van der Waals surface area contributed by atoms with E-state index < -0.39 is 0 Å². The maximum absolute atomic E-state index is 6.05. The van der Waals surface area contributed by atoms with E-state index in [9.17, 15) is 0 Å². The SMILES string of the molecule is CC1(C)OB(c2ccc3c(c2)COC3)OC1(C)C. The van der Waals surface area contributed by atoms with Gasteiger partial charge in [0, 0.05) is 0 Å². The van der Waals surface area contributed by atoms with E-state index in [1.165, 1.54) is 11.1 Å². The van der Waals surface area contributed by atoms with Crippen LogP contribution in [0.15, 0.2) is 18.2 Å². The Hall–Kier alpha value is -0.835. The van der Waals surface area contributed by atoms with Crippen LogP contribution in [0.25, 0.3) is 0 Å². The van der Waals surface area contributed by atoms with E-state index in [1.54, 1.807) is 0 Å². The highest BCUT2D eigenvalue weighted by atomic mass is 16.7. The zero-order valence-corrected chi connectivity index (χ0v) is 11.4. The van der Waals surface area contributed by atoms with E-state index in [1.807, 2.05) is 0 Å². The molecule has 0 amide bonds. The molecule has 0 spiro atoms. The number of ether oxygens (including phenoxy) is 1. The Labute approximate surface area is 109 Å². The van der Waals surface area contributed by atoms with Crippen LogP contribution in [-0.2, 0) is 27.3 Å². The van der Waals surface area contributed by atoms with Gasteiger partial charge in [0.05, 0.1) is 24.4 Å². The van der Waals surface area contributed by atoms with E-state index in [0.29, 0.717) is 6.61 Å². The molecule has 0 radical (unpaired) electrons. The van der Waals surface area contributed by atoms with E-state index >= 15 is 0 Å². The molecule has 1 aromatic rings. The summed E-state index contributed by atoms with van der Waals surface area (Å²) in [6.07, 6.45) is 0. The molecule has 0 unspecified atom stereocenters. The van der Waals surface area contributed by atoms with E-state index in [2.05, 4.69) is 45.9 Å². The Bertz CT molecular complexity index is 466. The summed E-state index contributed by atoms with van der Waals surface area (Å²) in [6, 6.07) is 6.34. The topological polar surface area (TPSA) is 27.7 Å². The van der Waals surface area contributed by atoms with E-state index in [0.717, 1.165) is 12.1 Å². The van der Waals surface area contributed by atoms with Crippen LogP contribution in [0.4, 0.5) is 0 Å². The van der Waals surface area contributed by atoms with Gasteiger partial charge in [-0.2, -0.15) is 0 Å². The normalized spacial score (nSPS) is 24.3. The second kappa shape index (κ2) is 3.83. The first kappa shape index (κ1) is 12.2. The van der Waals surface area contributed by atoms with Crippen molar-refractivity contribution in [2.45, 2.75) is 52.1 Å². The first-order chi connectivity index (χ1) is 8.39. The van der Waals surface area contributed by atoms with Gasteiger partial charge in [0.15, 0.2) is 0 Å². The average molecular weight is 246 g/mol. The minimum atomic E-state index is -0.285. The average Bonchev–Trinajstić information content (AvgIpc) is 2.80. The molecule has 96 valence electrons. The molecule has 18 heavy (non-hydrogen) atoms. The monoisotopic (exact) mass is 246 g/mol. The molecule has 0 bridgehead atoms. The molecule has 2 heterocycles. The molecule has 0 atom stereocenters. The number of hydrogen-bond donors (Lipinski definition) is 0. The van der Waals surface area contributed by atoms with Gasteiger partial charge in [-0.25, -0.2) is 0 Å². The van der Waals surface area contributed by atoms with Crippen LogP contribution >= 0.6 is 0 Å². The van der Waals surface area contributed by atoms with Crippen LogP contribution in [0.3, 0.4) is 0 Å². The lowest BCUT2D eigenvalue weighted by molar-refractivity contribution is 0.00578. The molecule has 1 fully saturated rings. The summed E-state index contributed by atoms with van der Waals surface area (Å²) in [5.74, 6) is 0. The second-order valence-corrected chi connectivity index (χ2v) is 6.11. The Balaban J connectivity index is 1.89.